The Morgan fingerprint density at radius 1 is 0.417 bits per heavy atom. The highest BCUT2D eigenvalue weighted by Crippen LogP contribution is 2.25. The predicted octanol–water partition coefficient (Wildman–Crippen LogP) is -6.32. The first-order chi connectivity index (χ1) is 62.1. The Bertz CT molecular complexity index is 4090. The van der Waals surface area contributed by atoms with Crippen LogP contribution in [0.4, 0.5) is 0 Å². The summed E-state index contributed by atoms with van der Waals surface area (Å²) >= 11 is 0. The number of guanidine groups is 3. The molecule has 132 heavy (non-hydrogen) atoms. The van der Waals surface area contributed by atoms with Crippen molar-refractivity contribution in [2.45, 2.75) is 307 Å². The molecule has 0 bridgehead atoms. The van der Waals surface area contributed by atoms with Gasteiger partial charge in [-0.15, -0.1) is 0 Å². The van der Waals surface area contributed by atoms with Crippen LogP contribution in [-0.2, 0) is 87.9 Å². The van der Waals surface area contributed by atoms with Gasteiger partial charge in [-0.25, -0.2) is 4.79 Å². The van der Waals surface area contributed by atoms with Gasteiger partial charge in [-0.3, -0.25) is 91.7 Å². The topological polar surface area (TPSA) is 779 Å². The van der Waals surface area contributed by atoms with E-state index in [0.717, 1.165) is 6.92 Å². The van der Waals surface area contributed by atoms with E-state index in [1.54, 1.807) is 85.7 Å². The number of nitrogens with one attached hydrogen (secondary N) is 13. The van der Waals surface area contributed by atoms with E-state index in [2.05, 4.69) is 84.1 Å². The lowest BCUT2D eigenvalue weighted by Crippen LogP contribution is -2.62. The average molecular weight is 1870 g/mol. The highest BCUT2D eigenvalue weighted by atomic mass is 16.4. The molecule has 742 valence electrons. The van der Waals surface area contributed by atoms with E-state index in [-0.39, 0.29) is 158 Å². The molecule has 1 aromatic carbocycles. The highest BCUT2D eigenvalue weighted by Gasteiger charge is 2.44. The molecule has 0 aliphatic carbocycles. The monoisotopic (exact) mass is 1870 g/mol. The molecule has 18 atom stereocenters. The van der Waals surface area contributed by atoms with Gasteiger partial charge in [0.15, 0.2) is 17.9 Å². The number of rotatable bonds is 60. The fraction of sp³-hybridized carbons (Fsp3) is 0.694. The number of hydrogen-bond acceptors (Lipinski definition) is 24. The normalized spacial score (nSPS) is 17.2. The Hall–Kier alpha value is -12.1. The van der Waals surface area contributed by atoms with Crippen molar-refractivity contribution in [2.24, 2.45) is 84.5 Å². The van der Waals surface area contributed by atoms with Crippen molar-refractivity contribution in [3.8, 4) is 0 Å². The summed E-state index contributed by atoms with van der Waals surface area (Å²) in [6, 6.07) is -14.2. The quantitative estimate of drug-likeness (QED) is 0.0164. The Labute approximate surface area is 769 Å². The standard InChI is InChI=1S/C85H146N26O21/c1-12-47(8)65(81(130)111-38-22-30-63(111)78(127)102-56(82(131)132)25-16-17-33-86)108-75(124)60(42-51-23-14-13-15-24-51)106-71(120)53(26-18-34-94-83(88)89)99-72(121)58(40-45(4)5)104-70(119)54(27-19-35-95-84(90)91)100-76(125)61(43-112)107-79(128)66(50(11)113)109-74(123)59(41-46(6)7)105-73(122)57(39-44(2)3)103-68(117)49(10)98-77(126)62-29-21-37-110(62)80(129)55(28-20-36-96-85(92)93)101-67(116)48(9)97-69(118)52(87)31-32-64(114)115/h13-15,23-24,44-50,52-63,65-66,112-113H,12,16-22,25-43,86-87H2,1-11H3,(H,97,118)(H,98,126)(H,99,121)(H,100,125)(H,101,116)(H,102,127)(H,103,117)(H,104,119)(H,105,122)(H,106,120)(H,107,128)(H,108,124)(H,109,123)(H,114,115)(H,131,132)(H4,88,89,94)(H4,90,91,95)(H4,92,93,96)/t47-,48-,49-,50+,52-,53-,54-,55-,56-,57-,58-,59-,60-,61-,62-,63?,65-,66-/m0/s1. The molecular formula is C85H146N26O21. The SMILES string of the molecule is CC[C@H](C)[C@H](NC(=O)[C@H](Cc1ccccc1)NC(=O)[C@H](CCCN=C(N)N)NC(=O)[C@H](CC(C)C)NC(=O)[C@H](CCCN=C(N)N)NC(=O)[C@H](CO)NC(=O)[C@@H](NC(=O)[C@H](CC(C)C)NC(=O)[C@H](CC(C)C)NC(=O)[C@H](C)NC(=O)[C@@H]1CCCN1C(=O)[C@H](CCCN=C(N)N)NC(=O)[C@H](C)NC(=O)[C@@H](N)CCC(=O)O)[C@@H](C)O)C(=O)N1CCCC1C(=O)N[C@@H](CCCCN)C(=O)O. The molecule has 2 saturated heterocycles. The van der Waals surface area contributed by atoms with E-state index in [0.29, 0.717) is 44.2 Å². The van der Waals surface area contributed by atoms with Crippen molar-refractivity contribution in [3.63, 3.8) is 0 Å². The molecule has 47 nitrogen and oxygen atoms in total. The van der Waals surface area contributed by atoms with E-state index in [4.69, 9.17) is 51.0 Å². The van der Waals surface area contributed by atoms with Crippen molar-refractivity contribution in [1.29, 1.82) is 0 Å². The molecule has 2 fully saturated rings. The molecule has 47 heteroatoms. The van der Waals surface area contributed by atoms with Crippen molar-refractivity contribution in [1.82, 2.24) is 78.9 Å². The zero-order valence-corrected chi connectivity index (χ0v) is 77.7. The van der Waals surface area contributed by atoms with E-state index in [9.17, 15) is 96.8 Å². The number of likely N-dealkylation sites (tertiary alicyclic amines) is 2. The largest absolute Gasteiger partial charge is 0.481 e. The van der Waals surface area contributed by atoms with Gasteiger partial charge >= 0.3 is 11.9 Å². The molecule has 1 unspecified atom stereocenters. The molecule has 0 spiro atoms. The number of carboxylic acid groups (broad SMARTS) is 2. The van der Waals surface area contributed by atoms with Gasteiger partial charge < -0.3 is 145 Å². The third-order valence-electron chi connectivity index (χ3n) is 22.1. The molecule has 0 radical (unpaired) electrons. The van der Waals surface area contributed by atoms with Crippen LogP contribution in [0.25, 0.3) is 0 Å². The summed E-state index contributed by atoms with van der Waals surface area (Å²) in [5.41, 5.74) is 45.5. The number of carboxylic acids is 2. The average Bonchev–Trinajstić information content (AvgIpc) is 1.65. The molecule has 2 aliphatic rings. The second-order valence-corrected chi connectivity index (χ2v) is 34.8. The Morgan fingerprint density at radius 2 is 0.795 bits per heavy atom. The van der Waals surface area contributed by atoms with E-state index < -0.39 is 222 Å². The van der Waals surface area contributed by atoms with Crippen molar-refractivity contribution in [2.75, 3.05) is 45.9 Å². The van der Waals surface area contributed by atoms with Gasteiger partial charge in [0.1, 0.15) is 90.6 Å². The maximum absolute atomic E-state index is 15.0. The summed E-state index contributed by atoms with van der Waals surface area (Å²) in [6.45, 7) is 16.8. The summed E-state index contributed by atoms with van der Waals surface area (Å²) in [5, 5.41) is 74.5. The number of benzene rings is 1. The number of unbranched alkanes of at least 4 members (excludes halogenated alkanes) is 1. The number of hydrogen-bond donors (Lipinski definition) is 25. The van der Waals surface area contributed by atoms with Crippen LogP contribution in [-0.4, -0.2) is 297 Å². The van der Waals surface area contributed by atoms with Crippen molar-refractivity contribution in [3.05, 3.63) is 35.9 Å². The second kappa shape index (κ2) is 58.6. The van der Waals surface area contributed by atoms with Crippen LogP contribution in [0.5, 0.6) is 0 Å². The Balaban J connectivity index is 1.91. The fourth-order valence-electron chi connectivity index (χ4n) is 14.7. The van der Waals surface area contributed by atoms with Gasteiger partial charge in [-0.1, -0.05) is 92.1 Å². The molecule has 33 N–H and O–H groups in total. The van der Waals surface area contributed by atoms with Crippen LogP contribution < -0.4 is 115 Å². The first-order valence-electron chi connectivity index (χ1n) is 45.1. The molecule has 3 rings (SSSR count). The third kappa shape index (κ3) is 40.7. The number of nitrogens with zero attached hydrogens (tertiary/aromatic N) is 5. The molecule has 1 aromatic rings. The van der Waals surface area contributed by atoms with Crippen LogP contribution in [0.1, 0.15) is 204 Å². The maximum Gasteiger partial charge on any atom is 0.326 e. The van der Waals surface area contributed by atoms with Crippen LogP contribution >= 0.6 is 0 Å². The fourth-order valence-corrected chi connectivity index (χ4v) is 14.7. The van der Waals surface area contributed by atoms with Crippen LogP contribution in [0.15, 0.2) is 45.3 Å². The summed E-state index contributed by atoms with van der Waals surface area (Å²) in [4.78, 5) is 252. The molecular weight excluding hydrogens is 1720 g/mol. The first-order valence-corrected chi connectivity index (χ1v) is 45.1. The van der Waals surface area contributed by atoms with Crippen LogP contribution in [0.3, 0.4) is 0 Å². The number of carbonyl (C=O) groups excluding carboxylic acids is 15. The summed E-state index contributed by atoms with van der Waals surface area (Å²) < 4.78 is 0. The zero-order valence-electron chi connectivity index (χ0n) is 77.7. The minimum Gasteiger partial charge on any atom is -0.481 e. The number of amides is 15. The van der Waals surface area contributed by atoms with Crippen molar-refractivity contribution < 1.29 is 102 Å². The number of aliphatic hydroxyl groups is 2. The first kappa shape index (κ1) is 114. The third-order valence-corrected chi connectivity index (χ3v) is 22.1. The zero-order chi connectivity index (χ0) is 99.3. The van der Waals surface area contributed by atoms with Gasteiger partial charge in [0.2, 0.25) is 88.6 Å². The lowest BCUT2D eigenvalue weighted by atomic mass is 9.96. The molecule has 0 aromatic heterocycles. The smallest absolute Gasteiger partial charge is 0.326 e. The van der Waals surface area contributed by atoms with Crippen molar-refractivity contribution >= 4 is 118 Å². The van der Waals surface area contributed by atoms with E-state index in [1.807, 2.05) is 0 Å². The maximum atomic E-state index is 15.0. The number of aliphatic hydroxyl groups excluding tert-OH is 2. The lowest BCUT2D eigenvalue weighted by molar-refractivity contribution is -0.145. The summed E-state index contributed by atoms with van der Waals surface area (Å²) in [6.07, 6.45) is -0.645. The molecule has 15 amide bonds. The lowest BCUT2D eigenvalue weighted by Gasteiger charge is -2.33. The number of aliphatic carboxylic acids is 2. The molecule has 2 aliphatic heterocycles. The van der Waals surface area contributed by atoms with Gasteiger partial charge in [0.05, 0.1) is 18.8 Å². The minimum absolute atomic E-state index is 0.0159. The van der Waals surface area contributed by atoms with Gasteiger partial charge in [-0.2, -0.15) is 0 Å². The number of carbonyl (C=O) groups is 17. The van der Waals surface area contributed by atoms with Gasteiger partial charge in [-0.05, 0) is 166 Å². The summed E-state index contributed by atoms with van der Waals surface area (Å²) in [7, 11) is 0. The number of aliphatic imine (C=N–C) groups is 3. The van der Waals surface area contributed by atoms with Crippen LogP contribution in [0, 0.1) is 23.7 Å². The minimum atomic E-state index is -1.94. The predicted molar refractivity (Wildman–Crippen MR) is 488 cm³/mol. The Kier molecular flexibility index (Phi) is 50.6. The second-order valence-electron chi connectivity index (χ2n) is 34.8. The van der Waals surface area contributed by atoms with Gasteiger partial charge in [0, 0.05) is 45.6 Å². The van der Waals surface area contributed by atoms with E-state index in [1.165, 1.54) is 23.6 Å². The Morgan fingerprint density at radius 3 is 1.23 bits per heavy atom. The van der Waals surface area contributed by atoms with Gasteiger partial charge in [0.25, 0.3) is 0 Å². The molecule has 0 saturated carbocycles. The number of nitrogens with two attached hydrogens (primary N) is 8. The highest BCUT2D eigenvalue weighted by molar-refractivity contribution is 6.01. The molecule has 2 heterocycles. The van der Waals surface area contributed by atoms with Crippen LogP contribution in [0.2, 0.25) is 0 Å². The van der Waals surface area contributed by atoms with E-state index >= 15 is 0 Å². The summed E-state index contributed by atoms with van der Waals surface area (Å²) in [5.74, 6) is -18.2.